The summed E-state index contributed by atoms with van der Waals surface area (Å²) < 4.78 is 34.5. The maximum atomic E-state index is 12.9. The Bertz CT molecular complexity index is 1310. The number of anilines is 1. The Morgan fingerprint density at radius 2 is 1.84 bits per heavy atom. The molecule has 0 fully saturated rings. The van der Waals surface area contributed by atoms with E-state index in [0.29, 0.717) is 16.8 Å². The molecule has 1 aliphatic heterocycles. The minimum Gasteiger partial charge on any atom is -0.464 e. The molecule has 1 aromatic heterocycles. The lowest BCUT2D eigenvalue weighted by Crippen LogP contribution is -2.43. The molecule has 0 saturated carbocycles. The van der Waals surface area contributed by atoms with Crippen LogP contribution in [-0.2, 0) is 30.6 Å². The van der Waals surface area contributed by atoms with E-state index >= 15 is 0 Å². The second kappa shape index (κ2) is 8.63. The number of para-hydroxylation sites is 1. The number of carbonyl (C=O) groups excluding carboxylic acids is 2. The Morgan fingerprint density at radius 1 is 1.12 bits per heavy atom. The number of esters is 1. The zero-order valence-electron chi connectivity index (χ0n) is 17.8. The van der Waals surface area contributed by atoms with Gasteiger partial charge in [-0.2, -0.15) is 0 Å². The fourth-order valence-corrected chi connectivity index (χ4v) is 4.99. The maximum absolute atomic E-state index is 12.9. The monoisotopic (exact) mass is 453 g/mol. The highest BCUT2D eigenvalue weighted by Gasteiger charge is 2.31. The van der Waals surface area contributed by atoms with Crippen molar-refractivity contribution in [2.45, 2.75) is 26.3 Å². The van der Waals surface area contributed by atoms with E-state index in [1.165, 1.54) is 17.2 Å². The van der Waals surface area contributed by atoms with Gasteiger partial charge in [-0.15, -0.1) is 0 Å². The van der Waals surface area contributed by atoms with Gasteiger partial charge in [-0.05, 0) is 55.3 Å². The third kappa shape index (κ3) is 4.60. The standard InChI is InChI=1S/C24H23NO6S/c1-16-10-21-18(13-30-22(21)11-17(16)2)12-24(27)31-14-23(26)25(19-6-4-3-5-7-19)20-8-9-32(28,29)15-20/h3-11,13,20H,12,14-15H2,1-2H3. The summed E-state index contributed by atoms with van der Waals surface area (Å²) in [6, 6.07) is 11.9. The zero-order chi connectivity index (χ0) is 22.9. The van der Waals surface area contributed by atoms with E-state index in [1.54, 1.807) is 30.3 Å². The minimum atomic E-state index is -3.37. The molecule has 1 atom stereocenters. The topological polar surface area (TPSA) is 93.9 Å². The van der Waals surface area contributed by atoms with Gasteiger partial charge in [0.15, 0.2) is 16.4 Å². The molecule has 0 bridgehead atoms. The van der Waals surface area contributed by atoms with E-state index in [2.05, 4.69) is 0 Å². The predicted octanol–water partition coefficient (Wildman–Crippen LogP) is 3.48. The molecule has 0 spiro atoms. The third-order valence-electron chi connectivity index (χ3n) is 5.51. The fraction of sp³-hybridized carbons (Fsp3) is 0.250. The minimum absolute atomic E-state index is 0.0359. The summed E-state index contributed by atoms with van der Waals surface area (Å²) in [4.78, 5) is 26.7. The molecule has 1 amide bonds. The number of nitrogens with zero attached hydrogens (tertiary/aromatic N) is 1. The lowest BCUT2D eigenvalue weighted by Gasteiger charge is -2.27. The van der Waals surface area contributed by atoms with Gasteiger partial charge >= 0.3 is 5.97 Å². The van der Waals surface area contributed by atoms with Crippen LogP contribution in [0, 0.1) is 13.8 Å². The third-order valence-corrected chi connectivity index (χ3v) is 6.89. The van der Waals surface area contributed by atoms with Gasteiger partial charge in [-0.1, -0.05) is 18.2 Å². The smallest absolute Gasteiger partial charge is 0.310 e. The molecule has 0 N–H and O–H groups in total. The van der Waals surface area contributed by atoms with Crippen molar-refractivity contribution in [3.8, 4) is 0 Å². The molecule has 0 aliphatic carbocycles. The molecule has 3 aromatic rings. The largest absolute Gasteiger partial charge is 0.464 e. The Kier molecular flexibility index (Phi) is 5.88. The number of ether oxygens (including phenoxy) is 1. The van der Waals surface area contributed by atoms with Crippen molar-refractivity contribution in [1.82, 2.24) is 0 Å². The molecule has 4 rings (SSSR count). The predicted molar refractivity (Wildman–Crippen MR) is 121 cm³/mol. The van der Waals surface area contributed by atoms with Crippen molar-refractivity contribution in [3.63, 3.8) is 0 Å². The normalized spacial score (nSPS) is 16.9. The lowest BCUT2D eigenvalue weighted by atomic mass is 10.0. The molecule has 0 radical (unpaired) electrons. The summed E-state index contributed by atoms with van der Waals surface area (Å²) in [6.45, 7) is 3.48. The van der Waals surface area contributed by atoms with Gasteiger partial charge in [-0.3, -0.25) is 9.59 Å². The van der Waals surface area contributed by atoms with E-state index in [9.17, 15) is 18.0 Å². The number of hydrogen-bond acceptors (Lipinski definition) is 6. The number of benzene rings is 2. The summed E-state index contributed by atoms with van der Waals surface area (Å²) >= 11 is 0. The van der Waals surface area contributed by atoms with Crippen LogP contribution < -0.4 is 4.90 Å². The Morgan fingerprint density at radius 3 is 2.53 bits per heavy atom. The molecule has 32 heavy (non-hydrogen) atoms. The van der Waals surface area contributed by atoms with Gasteiger partial charge in [-0.25, -0.2) is 8.42 Å². The van der Waals surface area contributed by atoms with Gasteiger partial charge < -0.3 is 14.1 Å². The van der Waals surface area contributed by atoms with Gasteiger partial charge in [0.25, 0.3) is 5.91 Å². The highest BCUT2D eigenvalue weighted by Crippen LogP contribution is 2.26. The molecule has 0 saturated heterocycles. The van der Waals surface area contributed by atoms with Crippen LogP contribution in [-0.4, -0.2) is 38.7 Å². The maximum Gasteiger partial charge on any atom is 0.310 e. The average molecular weight is 454 g/mol. The SMILES string of the molecule is Cc1cc2occ(CC(=O)OCC(=O)N(c3ccccc3)C3C=CS(=O)(=O)C3)c2cc1C. The van der Waals surface area contributed by atoms with Gasteiger partial charge in [0.1, 0.15) is 5.58 Å². The highest BCUT2D eigenvalue weighted by molar-refractivity contribution is 7.94. The molecule has 2 aromatic carbocycles. The summed E-state index contributed by atoms with van der Waals surface area (Å²) in [5, 5.41) is 1.95. The van der Waals surface area contributed by atoms with Crippen molar-refractivity contribution in [2.24, 2.45) is 0 Å². The quantitative estimate of drug-likeness (QED) is 0.531. The van der Waals surface area contributed by atoms with Gasteiger partial charge in [0.2, 0.25) is 0 Å². The molecule has 166 valence electrons. The second-order valence-corrected chi connectivity index (χ2v) is 9.79. The number of hydrogen-bond donors (Lipinski definition) is 0. The van der Waals surface area contributed by atoms with Crippen LogP contribution in [0.1, 0.15) is 16.7 Å². The molecule has 7 nitrogen and oxygen atoms in total. The Balaban J connectivity index is 1.46. The van der Waals surface area contributed by atoms with E-state index < -0.39 is 34.4 Å². The molecule has 1 unspecified atom stereocenters. The first-order valence-electron chi connectivity index (χ1n) is 10.1. The first-order chi connectivity index (χ1) is 15.2. The van der Waals surface area contributed by atoms with Gasteiger partial charge in [0.05, 0.1) is 24.5 Å². The fourth-order valence-electron chi connectivity index (χ4n) is 3.72. The van der Waals surface area contributed by atoms with E-state index in [4.69, 9.17) is 9.15 Å². The summed E-state index contributed by atoms with van der Waals surface area (Å²) in [6.07, 6.45) is 2.97. The lowest BCUT2D eigenvalue weighted by molar-refractivity contribution is -0.147. The van der Waals surface area contributed by atoms with Crippen molar-refractivity contribution < 1.29 is 27.2 Å². The van der Waals surface area contributed by atoms with Crippen LogP contribution in [0.15, 0.2) is 64.6 Å². The highest BCUT2D eigenvalue weighted by atomic mass is 32.2. The number of carbonyl (C=O) groups is 2. The number of rotatable bonds is 6. The van der Waals surface area contributed by atoms with Crippen molar-refractivity contribution in [2.75, 3.05) is 17.3 Å². The van der Waals surface area contributed by atoms with Gasteiger partial charge in [0, 0.05) is 22.0 Å². The molecule has 1 aliphatic rings. The molecular weight excluding hydrogens is 430 g/mol. The van der Waals surface area contributed by atoms with Crippen LogP contribution in [0.25, 0.3) is 11.0 Å². The Hall–Kier alpha value is -3.39. The van der Waals surface area contributed by atoms with Crippen molar-refractivity contribution in [3.05, 3.63) is 76.9 Å². The number of furan rings is 1. The zero-order valence-corrected chi connectivity index (χ0v) is 18.6. The van der Waals surface area contributed by atoms with E-state index in [-0.39, 0.29) is 12.2 Å². The first-order valence-corrected chi connectivity index (χ1v) is 11.9. The number of aryl methyl sites for hydroxylation is 2. The number of amides is 1. The number of sulfone groups is 1. The van der Waals surface area contributed by atoms with Crippen LogP contribution in [0.2, 0.25) is 0 Å². The molecule has 8 heteroatoms. The van der Waals surface area contributed by atoms with Crippen LogP contribution in [0.3, 0.4) is 0 Å². The average Bonchev–Trinajstić information content (AvgIpc) is 3.30. The summed E-state index contributed by atoms with van der Waals surface area (Å²) in [5.74, 6) is -1.27. The molecule has 2 heterocycles. The number of fused-ring (bicyclic) bond motifs is 1. The van der Waals surface area contributed by atoms with Crippen LogP contribution in [0.5, 0.6) is 0 Å². The van der Waals surface area contributed by atoms with Crippen LogP contribution >= 0.6 is 0 Å². The Labute approximate surface area is 186 Å². The van der Waals surface area contributed by atoms with E-state index in [1.807, 2.05) is 26.0 Å². The summed E-state index contributed by atoms with van der Waals surface area (Å²) in [7, 11) is -3.37. The van der Waals surface area contributed by atoms with Crippen molar-refractivity contribution >= 4 is 38.4 Å². The summed E-state index contributed by atoms with van der Waals surface area (Å²) in [5.41, 5.74) is 4.09. The van der Waals surface area contributed by atoms with E-state index in [0.717, 1.165) is 21.9 Å². The first kappa shape index (κ1) is 21.8. The van der Waals surface area contributed by atoms with Crippen molar-refractivity contribution in [1.29, 1.82) is 0 Å². The van der Waals surface area contributed by atoms with Crippen LogP contribution in [0.4, 0.5) is 5.69 Å². The second-order valence-electron chi connectivity index (χ2n) is 7.86. The molecular formula is C24H23NO6S.